The second kappa shape index (κ2) is 17.9. The van der Waals surface area contributed by atoms with Gasteiger partial charge in [-0.1, -0.05) is 12.1 Å². The maximum atomic E-state index is 13.9. The normalized spacial score (nSPS) is 16.5. The van der Waals surface area contributed by atoms with Crippen molar-refractivity contribution < 1.29 is 45.5 Å². The molecule has 1 aromatic carbocycles. The molecule has 0 bridgehead atoms. The number of urea groups is 1. The highest BCUT2D eigenvalue weighted by Crippen LogP contribution is 2.34. The number of aromatic nitrogens is 2. The predicted octanol–water partition coefficient (Wildman–Crippen LogP) is 2.91. The third kappa shape index (κ3) is 11.9. The summed E-state index contributed by atoms with van der Waals surface area (Å²) < 4.78 is 83.0. The number of hydrogen-bond donors (Lipinski definition) is 4. The average molecular weight is 728 g/mol. The van der Waals surface area contributed by atoms with Gasteiger partial charge in [0, 0.05) is 51.9 Å². The highest BCUT2D eigenvalue weighted by Gasteiger charge is 2.40. The van der Waals surface area contributed by atoms with Crippen molar-refractivity contribution in [1.82, 2.24) is 31.2 Å². The first kappa shape index (κ1) is 38.9. The van der Waals surface area contributed by atoms with E-state index in [0.717, 1.165) is 5.56 Å². The Morgan fingerprint density at radius 2 is 1.49 bits per heavy atom. The predicted molar refractivity (Wildman–Crippen MR) is 171 cm³/mol. The summed E-state index contributed by atoms with van der Waals surface area (Å²) in [7, 11) is 0. The molecule has 3 heterocycles. The van der Waals surface area contributed by atoms with Gasteiger partial charge in [0.1, 0.15) is 17.7 Å². The fourth-order valence-corrected chi connectivity index (χ4v) is 5.56. The van der Waals surface area contributed by atoms with Gasteiger partial charge in [0.15, 0.2) is 0 Å². The van der Waals surface area contributed by atoms with Crippen LogP contribution in [0.4, 0.5) is 42.8 Å². The third-order valence-corrected chi connectivity index (χ3v) is 8.46. The SMILES string of the molecule is N#Cc1ccc(CCNC(=O)[C@@H]2CCN2c2cc(N3CCC(CCNC(=O)NCCOCCNC(=O)C(F)(F)F)CC3)nc(C(F)(F)F)n2)cc1. The Labute approximate surface area is 290 Å². The second-order valence-corrected chi connectivity index (χ2v) is 12.0. The van der Waals surface area contributed by atoms with Crippen LogP contribution in [0.5, 0.6) is 0 Å². The molecular formula is C32H39F6N9O4. The smallest absolute Gasteiger partial charge is 0.378 e. The van der Waals surface area contributed by atoms with E-state index in [4.69, 9.17) is 10.00 Å². The van der Waals surface area contributed by atoms with E-state index in [9.17, 15) is 40.7 Å². The highest BCUT2D eigenvalue weighted by atomic mass is 19.4. The van der Waals surface area contributed by atoms with Gasteiger partial charge >= 0.3 is 24.3 Å². The minimum atomic E-state index is -4.96. The number of carbonyl (C=O) groups is 3. The maximum Gasteiger partial charge on any atom is 0.471 e. The largest absolute Gasteiger partial charge is 0.471 e. The number of nitriles is 1. The summed E-state index contributed by atoms with van der Waals surface area (Å²) in [5.74, 6) is -3.29. The fourth-order valence-electron chi connectivity index (χ4n) is 5.56. The van der Waals surface area contributed by atoms with Crippen LogP contribution in [0.1, 0.15) is 42.6 Å². The molecule has 0 radical (unpaired) electrons. The Morgan fingerprint density at radius 3 is 2.10 bits per heavy atom. The van der Waals surface area contributed by atoms with Crippen LogP contribution in [0.3, 0.4) is 0 Å². The van der Waals surface area contributed by atoms with E-state index in [-0.39, 0.29) is 49.8 Å². The molecular weight excluding hydrogens is 688 g/mol. The number of nitrogens with one attached hydrogen (secondary N) is 4. The highest BCUT2D eigenvalue weighted by molar-refractivity contribution is 5.86. The quantitative estimate of drug-likeness (QED) is 0.160. The number of carbonyl (C=O) groups excluding carboxylic acids is 3. The second-order valence-electron chi connectivity index (χ2n) is 12.0. The van der Waals surface area contributed by atoms with Crippen molar-refractivity contribution in [3.05, 3.63) is 47.3 Å². The summed E-state index contributed by atoms with van der Waals surface area (Å²) in [6.45, 7) is 1.55. The molecule has 1 aromatic heterocycles. The van der Waals surface area contributed by atoms with Crippen LogP contribution in [-0.4, -0.2) is 99.1 Å². The molecule has 2 aliphatic rings. The summed E-state index contributed by atoms with van der Waals surface area (Å²) >= 11 is 0. The molecule has 1 atom stereocenters. The zero-order chi connectivity index (χ0) is 37.0. The molecule has 4 rings (SSSR count). The average Bonchev–Trinajstić information content (AvgIpc) is 3.07. The fraction of sp³-hybridized carbons (Fsp3) is 0.562. The molecule has 2 aliphatic heterocycles. The van der Waals surface area contributed by atoms with Gasteiger partial charge in [-0.05, 0) is 55.7 Å². The van der Waals surface area contributed by atoms with Gasteiger partial charge < -0.3 is 35.8 Å². The standard InChI is InChI=1S/C32H39F6N9O4/c33-31(34,35)28-44-25(19-26(45-28)47-16-9-24(47)27(48)40-10-5-21-1-3-23(20-39)4-2-21)46-14-7-22(8-15-46)6-11-42-30(50)43-13-18-51-17-12-41-29(49)32(36,37)38/h1-4,19,22,24H,5-18H2,(H,40,48)(H,41,49)(H2,42,43,50)/t24-/m0/s1. The molecule has 2 fully saturated rings. The Bertz CT molecular complexity index is 1530. The molecule has 19 heteroatoms. The minimum absolute atomic E-state index is 0.0290. The number of piperidine rings is 1. The van der Waals surface area contributed by atoms with Crippen molar-refractivity contribution in [3.63, 3.8) is 0 Å². The molecule has 0 aliphatic carbocycles. The molecule has 2 saturated heterocycles. The van der Waals surface area contributed by atoms with Crippen molar-refractivity contribution in [3.8, 4) is 6.07 Å². The first-order valence-electron chi connectivity index (χ1n) is 16.4. The lowest BCUT2D eigenvalue weighted by Crippen LogP contribution is -2.57. The van der Waals surface area contributed by atoms with Crippen LogP contribution < -0.4 is 31.1 Å². The number of hydrogen-bond acceptors (Lipinski definition) is 9. The monoisotopic (exact) mass is 727 g/mol. The van der Waals surface area contributed by atoms with Gasteiger partial charge in [-0.3, -0.25) is 9.59 Å². The number of benzene rings is 1. The lowest BCUT2D eigenvalue weighted by molar-refractivity contribution is -0.173. The molecule has 0 saturated carbocycles. The zero-order valence-corrected chi connectivity index (χ0v) is 27.6. The number of anilines is 2. The molecule has 51 heavy (non-hydrogen) atoms. The van der Waals surface area contributed by atoms with Crippen molar-refractivity contribution in [2.45, 2.75) is 50.5 Å². The zero-order valence-electron chi connectivity index (χ0n) is 27.6. The van der Waals surface area contributed by atoms with E-state index in [1.807, 2.05) is 6.07 Å². The summed E-state index contributed by atoms with van der Waals surface area (Å²) in [6, 6.07) is 9.37. The topological polar surface area (TPSA) is 165 Å². The van der Waals surface area contributed by atoms with Gasteiger partial charge in [0.05, 0.1) is 24.8 Å². The molecule has 2 aromatic rings. The van der Waals surface area contributed by atoms with E-state index >= 15 is 0 Å². The van der Waals surface area contributed by atoms with Gasteiger partial charge in [0.25, 0.3) is 0 Å². The molecule has 4 N–H and O–H groups in total. The first-order chi connectivity index (χ1) is 24.2. The van der Waals surface area contributed by atoms with Gasteiger partial charge in [-0.2, -0.15) is 31.6 Å². The lowest BCUT2D eigenvalue weighted by Gasteiger charge is -2.41. The minimum Gasteiger partial charge on any atom is -0.378 e. The first-order valence-corrected chi connectivity index (χ1v) is 16.4. The number of amides is 4. The number of rotatable bonds is 15. The van der Waals surface area contributed by atoms with Crippen molar-refractivity contribution in [2.75, 3.05) is 68.8 Å². The Kier molecular flexibility index (Phi) is 13.6. The van der Waals surface area contributed by atoms with Gasteiger partial charge in [-0.25, -0.2) is 14.8 Å². The number of halogens is 6. The Balaban J connectivity index is 1.19. The van der Waals surface area contributed by atoms with Gasteiger partial charge in [-0.15, -0.1) is 0 Å². The summed E-state index contributed by atoms with van der Waals surface area (Å²) in [6.07, 6.45) is -6.83. The molecule has 0 spiro atoms. The van der Waals surface area contributed by atoms with Gasteiger partial charge in [0.2, 0.25) is 11.7 Å². The Morgan fingerprint density at radius 1 is 0.843 bits per heavy atom. The van der Waals surface area contributed by atoms with Crippen molar-refractivity contribution in [1.29, 1.82) is 5.26 Å². The van der Waals surface area contributed by atoms with Crippen LogP contribution in [0.15, 0.2) is 30.3 Å². The van der Waals surface area contributed by atoms with Crippen LogP contribution in [0, 0.1) is 17.2 Å². The van der Waals surface area contributed by atoms with E-state index in [0.29, 0.717) is 70.4 Å². The van der Waals surface area contributed by atoms with Crippen LogP contribution in [0.25, 0.3) is 0 Å². The summed E-state index contributed by atoms with van der Waals surface area (Å²) in [5.41, 5.74) is 1.46. The number of nitrogens with zero attached hydrogens (tertiary/aromatic N) is 5. The lowest BCUT2D eigenvalue weighted by atomic mass is 9.93. The van der Waals surface area contributed by atoms with E-state index < -0.39 is 36.2 Å². The molecule has 278 valence electrons. The van der Waals surface area contributed by atoms with E-state index in [1.54, 1.807) is 39.4 Å². The number of alkyl halides is 6. The van der Waals surface area contributed by atoms with Crippen LogP contribution in [0.2, 0.25) is 0 Å². The number of ether oxygens (including phenoxy) is 1. The van der Waals surface area contributed by atoms with E-state index in [2.05, 4.69) is 25.9 Å². The molecule has 13 nitrogen and oxygen atoms in total. The summed E-state index contributed by atoms with van der Waals surface area (Å²) in [4.78, 5) is 46.6. The maximum absolute atomic E-state index is 13.9. The van der Waals surface area contributed by atoms with Crippen molar-refractivity contribution >= 4 is 29.5 Å². The molecule has 0 unspecified atom stereocenters. The van der Waals surface area contributed by atoms with Crippen LogP contribution in [-0.2, 0) is 26.9 Å². The molecule has 4 amide bonds. The Hall–Kier alpha value is -4.86. The van der Waals surface area contributed by atoms with E-state index in [1.165, 1.54) is 6.07 Å². The summed E-state index contributed by atoms with van der Waals surface area (Å²) in [5, 5.41) is 18.7. The third-order valence-electron chi connectivity index (χ3n) is 8.46. The van der Waals surface area contributed by atoms with Crippen molar-refractivity contribution in [2.24, 2.45) is 5.92 Å². The van der Waals surface area contributed by atoms with Crippen LogP contribution >= 0.6 is 0 Å².